The molecule has 2 aromatic carbocycles. The smallest absolute Gasteiger partial charge is 0.323 e. The molecule has 5 rings (SSSR count). The molecule has 0 atom stereocenters. The van der Waals surface area contributed by atoms with Gasteiger partial charge >= 0.3 is 6.03 Å². The summed E-state index contributed by atoms with van der Waals surface area (Å²) in [5.74, 6) is 0.577. The number of hydrogen-bond donors (Lipinski definition) is 3. The van der Waals surface area contributed by atoms with Crippen LogP contribution in [0.4, 0.5) is 10.6 Å². The molecule has 37 heavy (non-hydrogen) atoms. The molecule has 3 amide bonds. The third-order valence-electron chi connectivity index (χ3n) is 6.42. The molecule has 0 aliphatic carbocycles. The van der Waals surface area contributed by atoms with Gasteiger partial charge in [0, 0.05) is 41.9 Å². The largest absolute Gasteiger partial charge is 0.347 e. The van der Waals surface area contributed by atoms with E-state index >= 15 is 0 Å². The number of thioether (sulfide) groups is 1. The van der Waals surface area contributed by atoms with Gasteiger partial charge in [-0.2, -0.15) is 5.10 Å². The first kappa shape index (κ1) is 25.0. The van der Waals surface area contributed by atoms with Gasteiger partial charge in [-0.3, -0.25) is 15.2 Å². The van der Waals surface area contributed by atoms with Gasteiger partial charge in [0.1, 0.15) is 5.69 Å². The summed E-state index contributed by atoms with van der Waals surface area (Å²) in [7, 11) is 0. The normalized spacial score (nSPS) is 13.9. The van der Waals surface area contributed by atoms with Gasteiger partial charge in [0.05, 0.1) is 10.7 Å². The van der Waals surface area contributed by atoms with Gasteiger partial charge in [-0.1, -0.05) is 48.5 Å². The second kappa shape index (κ2) is 11.6. The van der Waals surface area contributed by atoms with Gasteiger partial charge < -0.3 is 10.2 Å². The number of hydrogen-bond acceptors (Lipinski definition) is 6. The van der Waals surface area contributed by atoms with Gasteiger partial charge in [0.2, 0.25) is 0 Å². The third-order valence-corrected chi connectivity index (χ3v) is 8.26. The molecule has 3 N–H and O–H groups in total. The van der Waals surface area contributed by atoms with Crippen LogP contribution in [0.5, 0.6) is 0 Å². The second-order valence-corrected chi connectivity index (χ2v) is 10.5. The van der Waals surface area contributed by atoms with E-state index in [-0.39, 0.29) is 17.9 Å². The molecule has 3 heterocycles. The molecule has 1 saturated heterocycles. The highest BCUT2D eigenvalue weighted by Crippen LogP contribution is 2.31. The van der Waals surface area contributed by atoms with Crippen molar-refractivity contribution in [3.05, 3.63) is 82.3 Å². The lowest BCUT2D eigenvalue weighted by molar-refractivity contribution is 0.0946. The van der Waals surface area contributed by atoms with Crippen molar-refractivity contribution in [2.75, 3.05) is 24.7 Å². The molecule has 0 radical (unpaired) electrons. The molecule has 0 bridgehead atoms. The highest BCUT2D eigenvalue weighted by atomic mass is 32.2. The Morgan fingerprint density at radius 2 is 1.86 bits per heavy atom. The minimum Gasteiger partial charge on any atom is -0.347 e. The molecule has 0 saturated carbocycles. The number of nitrogens with one attached hydrogen (secondary N) is 3. The SMILES string of the molecule is CSc1ccccc1CNC(=O)c1csc(C2CCN(C(=O)Nc3cc(-c4ccccc4)[nH]n3)CC2)n1. The predicted octanol–water partition coefficient (Wildman–Crippen LogP) is 5.60. The first-order valence-electron chi connectivity index (χ1n) is 12.1. The number of aromatic nitrogens is 3. The van der Waals surface area contributed by atoms with Crippen LogP contribution in [0.15, 0.2) is 70.9 Å². The summed E-state index contributed by atoms with van der Waals surface area (Å²) in [6, 6.07) is 19.6. The van der Waals surface area contributed by atoms with E-state index in [2.05, 4.69) is 31.9 Å². The molecule has 2 aromatic heterocycles. The predicted molar refractivity (Wildman–Crippen MR) is 148 cm³/mol. The first-order chi connectivity index (χ1) is 18.1. The van der Waals surface area contributed by atoms with Gasteiger partial charge in [0.25, 0.3) is 5.91 Å². The maximum Gasteiger partial charge on any atom is 0.323 e. The molecule has 1 aliphatic rings. The number of thiazole rings is 1. The molecular weight excluding hydrogens is 504 g/mol. The van der Waals surface area contributed by atoms with Crippen LogP contribution in [0.3, 0.4) is 0 Å². The lowest BCUT2D eigenvalue weighted by atomic mass is 9.98. The maximum absolute atomic E-state index is 12.8. The second-order valence-electron chi connectivity index (χ2n) is 8.79. The van der Waals surface area contributed by atoms with Crippen LogP contribution in [0.2, 0.25) is 0 Å². The molecule has 1 fully saturated rings. The van der Waals surface area contributed by atoms with Crippen LogP contribution in [0.25, 0.3) is 11.3 Å². The first-order valence-corrected chi connectivity index (χ1v) is 14.2. The van der Waals surface area contributed by atoms with E-state index in [9.17, 15) is 9.59 Å². The average molecular weight is 533 g/mol. The van der Waals surface area contributed by atoms with Crippen LogP contribution in [0, 0.1) is 0 Å². The van der Waals surface area contributed by atoms with Crippen LogP contribution >= 0.6 is 23.1 Å². The fourth-order valence-electron chi connectivity index (χ4n) is 4.36. The Balaban J connectivity index is 1.11. The number of anilines is 1. The molecular formula is C27H28N6O2S2. The zero-order chi connectivity index (χ0) is 25.6. The van der Waals surface area contributed by atoms with Crippen molar-refractivity contribution in [2.45, 2.75) is 30.2 Å². The standard InChI is InChI=1S/C27H28N6O2S2/c1-36-23-10-6-5-9-20(23)16-28-25(34)22-17-37-26(29-22)19-11-13-33(14-12-19)27(35)30-24-15-21(31-32-24)18-7-3-2-4-8-18/h2-10,15,17,19H,11-14,16H2,1H3,(H,28,34)(H2,30,31,32,35). The Hall–Kier alpha value is -3.63. The Labute approximate surface area is 223 Å². The van der Waals surface area contributed by atoms with E-state index in [4.69, 9.17) is 0 Å². The summed E-state index contributed by atoms with van der Waals surface area (Å²) >= 11 is 3.18. The monoisotopic (exact) mass is 532 g/mol. The number of piperidine rings is 1. The number of H-pyrrole nitrogens is 1. The average Bonchev–Trinajstić information content (AvgIpc) is 3.63. The number of carbonyl (C=O) groups is 2. The Morgan fingerprint density at radius 1 is 1.11 bits per heavy atom. The molecule has 8 nitrogen and oxygen atoms in total. The number of rotatable bonds is 7. The third kappa shape index (κ3) is 6.03. The van der Waals surface area contributed by atoms with E-state index in [1.54, 1.807) is 16.7 Å². The number of amides is 3. The van der Waals surface area contributed by atoms with Crippen molar-refractivity contribution in [3.8, 4) is 11.3 Å². The van der Waals surface area contributed by atoms with Gasteiger partial charge in [0.15, 0.2) is 5.82 Å². The van der Waals surface area contributed by atoms with Crippen molar-refractivity contribution in [3.63, 3.8) is 0 Å². The lowest BCUT2D eigenvalue weighted by Gasteiger charge is -2.30. The van der Waals surface area contributed by atoms with E-state index in [0.29, 0.717) is 31.1 Å². The minimum absolute atomic E-state index is 0.158. The van der Waals surface area contributed by atoms with Crippen molar-refractivity contribution in [1.29, 1.82) is 0 Å². The van der Waals surface area contributed by atoms with Crippen molar-refractivity contribution >= 4 is 40.9 Å². The molecule has 190 valence electrons. The van der Waals surface area contributed by atoms with Crippen molar-refractivity contribution < 1.29 is 9.59 Å². The molecule has 0 spiro atoms. The highest BCUT2D eigenvalue weighted by Gasteiger charge is 2.27. The van der Waals surface area contributed by atoms with Crippen molar-refractivity contribution in [2.24, 2.45) is 0 Å². The lowest BCUT2D eigenvalue weighted by Crippen LogP contribution is -2.40. The number of nitrogens with zero attached hydrogens (tertiary/aromatic N) is 3. The van der Waals surface area contributed by atoms with E-state index in [1.165, 1.54) is 11.3 Å². The fraction of sp³-hybridized carbons (Fsp3) is 0.259. The van der Waals surface area contributed by atoms with Crippen LogP contribution < -0.4 is 10.6 Å². The molecule has 0 unspecified atom stereocenters. The quantitative estimate of drug-likeness (QED) is 0.269. The minimum atomic E-state index is -0.163. The van der Waals surface area contributed by atoms with E-state index in [0.717, 1.165) is 39.6 Å². The summed E-state index contributed by atoms with van der Waals surface area (Å²) in [6.45, 7) is 1.72. The summed E-state index contributed by atoms with van der Waals surface area (Å²) in [5, 5.41) is 15.8. The van der Waals surface area contributed by atoms with Gasteiger partial charge in [-0.05, 0) is 36.3 Å². The zero-order valence-corrected chi connectivity index (χ0v) is 22.1. The Kier molecular flexibility index (Phi) is 7.86. The van der Waals surface area contributed by atoms with Crippen LogP contribution in [-0.4, -0.2) is 51.4 Å². The summed E-state index contributed by atoms with van der Waals surface area (Å²) in [6.07, 6.45) is 3.64. The number of aromatic amines is 1. The van der Waals surface area contributed by atoms with E-state index < -0.39 is 0 Å². The fourth-order valence-corrected chi connectivity index (χ4v) is 5.95. The molecule has 10 heteroatoms. The van der Waals surface area contributed by atoms with Crippen LogP contribution in [-0.2, 0) is 6.54 Å². The van der Waals surface area contributed by atoms with Crippen molar-refractivity contribution in [1.82, 2.24) is 25.4 Å². The molecule has 1 aliphatic heterocycles. The number of carbonyl (C=O) groups excluding carboxylic acids is 2. The number of likely N-dealkylation sites (tertiary alicyclic amines) is 1. The Bertz CT molecular complexity index is 1360. The van der Waals surface area contributed by atoms with Crippen LogP contribution in [0.1, 0.15) is 39.8 Å². The topological polar surface area (TPSA) is 103 Å². The maximum atomic E-state index is 12.8. The van der Waals surface area contributed by atoms with Gasteiger partial charge in [-0.25, -0.2) is 9.78 Å². The summed E-state index contributed by atoms with van der Waals surface area (Å²) in [5.41, 5.74) is 3.41. The number of benzene rings is 2. The number of urea groups is 1. The van der Waals surface area contributed by atoms with Gasteiger partial charge in [-0.15, -0.1) is 23.1 Å². The zero-order valence-electron chi connectivity index (χ0n) is 20.4. The summed E-state index contributed by atoms with van der Waals surface area (Å²) < 4.78 is 0. The Morgan fingerprint density at radius 3 is 2.65 bits per heavy atom. The molecule has 4 aromatic rings. The highest BCUT2D eigenvalue weighted by molar-refractivity contribution is 7.98. The van der Waals surface area contributed by atoms with E-state index in [1.807, 2.05) is 66.2 Å². The summed E-state index contributed by atoms with van der Waals surface area (Å²) in [4.78, 5) is 33.0.